The van der Waals surface area contributed by atoms with Crippen molar-refractivity contribution >= 4 is 5.91 Å². The van der Waals surface area contributed by atoms with Crippen molar-refractivity contribution < 1.29 is 9.53 Å². The normalized spacial score (nSPS) is 14.7. The Labute approximate surface area is 153 Å². The van der Waals surface area contributed by atoms with Gasteiger partial charge in [0.05, 0.1) is 31.4 Å². The van der Waals surface area contributed by atoms with Crippen LogP contribution in [-0.4, -0.2) is 71.4 Å². The van der Waals surface area contributed by atoms with Crippen LogP contribution in [0.3, 0.4) is 0 Å². The first-order valence-corrected chi connectivity index (χ1v) is 8.84. The van der Waals surface area contributed by atoms with Crippen LogP contribution < -0.4 is 0 Å². The molecule has 0 bridgehead atoms. The average molecular weight is 353 g/mol. The summed E-state index contributed by atoms with van der Waals surface area (Å²) < 4.78 is 7.11. The van der Waals surface area contributed by atoms with Gasteiger partial charge < -0.3 is 9.64 Å². The summed E-state index contributed by atoms with van der Waals surface area (Å²) >= 11 is 0. The number of nitrogens with zero attached hydrogens (tertiary/aromatic N) is 5. The zero-order valence-corrected chi connectivity index (χ0v) is 14.8. The largest absolute Gasteiger partial charge is 0.379 e. The van der Waals surface area contributed by atoms with Gasteiger partial charge in [0.2, 0.25) is 0 Å². The Kier molecular flexibility index (Phi) is 6.36. The van der Waals surface area contributed by atoms with Gasteiger partial charge in [-0.05, 0) is 30.3 Å². The van der Waals surface area contributed by atoms with Crippen molar-refractivity contribution in [2.45, 2.75) is 6.42 Å². The first-order valence-electron chi connectivity index (χ1n) is 8.84. The predicted octanol–water partition coefficient (Wildman–Crippen LogP) is 1.56. The molecule has 2 aromatic rings. The van der Waals surface area contributed by atoms with E-state index in [1.54, 1.807) is 15.8 Å². The van der Waals surface area contributed by atoms with Crippen LogP contribution in [0.5, 0.6) is 0 Å². The molecule has 1 amide bonds. The summed E-state index contributed by atoms with van der Waals surface area (Å²) in [5.74, 6) is -0.0412. The van der Waals surface area contributed by atoms with Gasteiger partial charge in [-0.1, -0.05) is 0 Å². The summed E-state index contributed by atoms with van der Waals surface area (Å²) in [7, 11) is 0. The molecule has 7 heteroatoms. The molecular weight excluding hydrogens is 330 g/mol. The van der Waals surface area contributed by atoms with Gasteiger partial charge in [-0.3, -0.25) is 9.69 Å². The molecule has 1 fully saturated rings. The molecule has 0 atom stereocenters. The molecule has 0 spiro atoms. The number of nitriles is 1. The van der Waals surface area contributed by atoms with Crippen molar-refractivity contribution in [2.24, 2.45) is 0 Å². The number of amides is 1. The fourth-order valence-corrected chi connectivity index (χ4v) is 2.95. The van der Waals surface area contributed by atoms with Gasteiger partial charge >= 0.3 is 0 Å². The maximum absolute atomic E-state index is 12.9. The lowest BCUT2D eigenvalue weighted by Gasteiger charge is -2.30. The minimum Gasteiger partial charge on any atom is -0.379 e. The summed E-state index contributed by atoms with van der Waals surface area (Å²) in [6, 6.07) is 11.4. The van der Waals surface area contributed by atoms with Gasteiger partial charge in [-0.25, -0.2) is 4.68 Å². The van der Waals surface area contributed by atoms with Gasteiger partial charge in [0.15, 0.2) is 0 Å². The Bertz CT molecular complexity index is 730. The molecule has 0 radical (unpaired) electrons. The van der Waals surface area contributed by atoms with Crippen molar-refractivity contribution in [2.75, 3.05) is 45.9 Å². The average Bonchev–Trinajstić information content (AvgIpc) is 3.23. The Hall–Kier alpha value is -2.69. The highest BCUT2D eigenvalue weighted by Gasteiger charge is 2.18. The molecule has 1 aromatic heterocycles. The number of hydrogen-bond donors (Lipinski definition) is 0. The van der Waals surface area contributed by atoms with Crippen molar-refractivity contribution in [3.05, 3.63) is 48.3 Å². The Morgan fingerprint density at radius 3 is 2.65 bits per heavy atom. The van der Waals surface area contributed by atoms with Crippen molar-refractivity contribution in [1.82, 2.24) is 19.6 Å². The molecule has 136 valence electrons. The first kappa shape index (κ1) is 18.1. The third-order valence-corrected chi connectivity index (χ3v) is 4.45. The number of carbonyl (C=O) groups excluding carboxylic acids is 1. The highest BCUT2D eigenvalue weighted by molar-refractivity contribution is 5.94. The van der Waals surface area contributed by atoms with Gasteiger partial charge in [-0.15, -0.1) is 0 Å². The highest BCUT2D eigenvalue weighted by Crippen LogP contribution is 2.11. The second-order valence-corrected chi connectivity index (χ2v) is 6.15. The van der Waals surface area contributed by atoms with E-state index in [1.165, 1.54) is 0 Å². The zero-order chi connectivity index (χ0) is 18.2. The van der Waals surface area contributed by atoms with Crippen LogP contribution in [0.2, 0.25) is 0 Å². The number of aromatic nitrogens is 2. The van der Waals surface area contributed by atoms with E-state index < -0.39 is 0 Å². The predicted molar refractivity (Wildman–Crippen MR) is 97.0 cm³/mol. The molecule has 26 heavy (non-hydrogen) atoms. The molecule has 0 saturated carbocycles. The van der Waals surface area contributed by atoms with Crippen molar-refractivity contribution in [3.8, 4) is 11.8 Å². The molecule has 1 saturated heterocycles. The molecule has 1 aliphatic rings. The monoisotopic (exact) mass is 353 g/mol. The summed E-state index contributed by atoms with van der Waals surface area (Å²) in [4.78, 5) is 16.9. The summed E-state index contributed by atoms with van der Waals surface area (Å²) in [5, 5.41) is 13.1. The minimum absolute atomic E-state index is 0.0412. The maximum atomic E-state index is 12.9. The van der Waals surface area contributed by atoms with Crippen LogP contribution in [0.15, 0.2) is 42.7 Å². The third-order valence-electron chi connectivity index (χ3n) is 4.45. The van der Waals surface area contributed by atoms with Crippen LogP contribution in [-0.2, 0) is 4.74 Å². The lowest BCUT2D eigenvalue weighted by Crippen LogP contribution is -2.43. The van der Waals surface area contributed by atoms with E-state index in [4.69, 9.17) is 10.00 Å². The summed E-state index contributed by atoms with van der Waals surface area (Å²) in [6.45, 7) is 5.10. The van der Waals surface area contributed by atoms with Gasteiger partial charge in [0.25, 0.3) is 5.91 Å². The smallest absolute Gasteiger partial charge is 0.253 e. The molecule has 1 aliphatic heterocycles. The van der Waals surface area contributed by atoms with E-state index in [1.807, 2.05) is 36.5 Å². The lowest BCUT2D eigenvalue weighted by atomic mass is 10.1. The number of morpholine rings is 1. The summed E-state index contributed by atoms with van der Waals surface area (Å²) in [5.41, 5.74) is 1.53. The highest BCUT2D eigenvalue weighted by atomic mass is 16.5. The molecule has 3 rings (SSSR count). The number of benzene rings is 1. The second-order valence-electron chi connectivity index (χ2n) is 6.15. The number of carbonyl (C=O) groups is 1. The van der Waals surface area contributed by atoms with Crippen LogP contribution in [0.4, 0.5) is 0 Å². The SMILES string of the molecule is N#CCCN(CCN1CCOCC1)C(=O)c1ccc(-n2cccn2)cc1. The van der Waals surface area contributed by atoms with Gasteiger partial charge in [-0.2, -0.15) is 10.4 Å². The molecule has 0 aliphatic carbocycles. The van der Waals surface area contributed by atoms with E-state index in [9.17, 15) is 4.79 Å². The summed E-state index contributed by atoms with van der Waals surface area (Å²) in [6.07, 6.45) is 3.91. The first-order chi connectivity index (χ1) is 12.8. The van der Waals surface area contributed by atoms with Gasteiger partial charge in [0, 0.05) is 50.7 Å². The van der Waals surface area contributed by atoms with Crippen molar-refractivity contribution in [3.63, 3.8) is 0 Å². The van der Waals surface area contributed by atoms with Crippen LogP contribution in [0, 0.1) is 11.3 Å². The topological polar surface area (TPSA) is 74.4 Å². The fraction of sp³-hybridized carbons (Fsp3) is 0.421. The maximum Gasteiger partial charge on any atom is 0.253 e. The van der Waals surface area contributed by atoms with Crippen molar-refractivity contribution in [1.29, 1.82) is 5.26 Å². The van der Waals surface area contributed by atoms with Gasteiger partial charge in [0.1, 0.15) is 0 Å². The van der Waals surface area contributed by atoms with E-state index in [2.05, 4.69) is 16.1 Å². The second kappa shape index (κ2) is 9.13. The Morgan fingerprint density at radius 2 is 2.00 bits per heavy atom. The van der Waals surface area contributed by atoms with Crippen LogP contribution in [0.25, 0.3) is 5.69 Å². The lowest BCUT2D eigenvalue weighted by molar-refractivity contribution is 0.0326. The molecule has 7 nitrogen and oxygen atoms in total. The van der Waals surface area contributed by atoms with E-state index in [0.29, 0.717) is 25.1 Å². The van der Waals surface area contributed by atoms with Crippen LogP contribution in [0.1, 0.15) is 16.8 Å². The standard InChI is InChI=1S/C19H23N5O2/c20-7-1-9-23(12-11-22-13-15-26-16-14-22)19(25)17-3-5-18(6-4-17)24-10-2-8-21-24/h2-6,8,10H,1,9,11-16H2. The quantitative estimate of drug-likeness (QED) is 0.755. The molecule has 1 aromatic carbocycles. The number of ether oxygens (including phenoxy) is 1. The minimum atomic E-state index is -0.0412. The molecule has 2 heterocycles. The molecule has 0 unspecified atom stereocenters. The fourth-order valence-electron chi connectivity index (χ4n) is 2.95. The number of rotatable bonds is 7. The van der Waals surface area contributed by atoms with Crippen LogP contribution >= 0.6 is 0 Å². The zero-order valence-electron chi connectivity index (χ0n) is 14.8. The van der Waals surface area contributed by atoms with E-state index in [0.717, 1.165) is 38.5 Å². The Morgan fingerprint density at radius 1 is 1.23 bits per heavy atom. The van der Waals surface area contributed by atoms with E-state index in [-0.39, 0.29) is 5.91 Å². The number of hydrogen-bond acceptors (Lipinski definition) is 5. The molecule has 0 N–H and O–H groups in total. The molecular formula is C19H23N5O2. The Balaban J connectivity index is 1.64. The third kappa shape index (κ3) is 4.69. The van der Waals surface area contributed by atoms with E-state index >= 15 is 0 Å².